The van der Waals surface area contributed by atoms with Crippen molar-refractivity contribution in [3.63, 3.8) is 0 Å². The number of carbonyl (C=O) groups excluding carboxylic acids is 1. The molecule has 0 radical (unpaired) electrons. The molecule has 0 aliphatic carbocycles. The molecular formula is C28H38N2O7S. The molecule has 0 spiro atoms. The molecule has 2 N–H and O–H groups in total. The summed E-state index contributed by atoms with van der Waals surface area (Å²) >= 11 is 0. The standard InChI is InChI=1S/C28H38N2O7S/c1-19(2)16-30(38(33,34)22-11-9-20(3)10-12-22)17-25(31)24(15-21-7-5-4-6-8-21)29-28(32)37-26-18-36-27-23(26)13-14-35-27/h4-12,19,23-27,31H,13-18H2,1-3H3,(H,29,32)/t23-,24-,25+,26-,27+/m0/s1/i1D3,2D3,16D2,18D2,19D,23D,26D. The summed E-state index contributed by atoms with van der Waals surface area (Å²) in [5.74, 6) is -6.35. The van der Waals surface area contributed by atoms with Gasteiger partial charge >= 0.3 is 6.09 Å². The fraction of sp³-hybridized carbons (Fsp3) is 0.536. The summed E-state index contributed by atoms with van der Waals surface area (Å²) in [6.45, 7) is -15.0. The highest BCUT2D eigenvalue weighted by atomic mass is 32.2. The first-order chi connectivity index (χ1) is 23.2. The lowest BCUT2D eigenvalue weighted by Gasteiger charge is -2.31. The summed E-state index contributed by atoms with van der Waals surface area (Å²) < 4.78 is 150. The van der Waals surface area contributed by atoms with Crippen LogP contribution in [-0.2, 0) is 30.7 Å². The van der Waals surface area contributed by atoms with Gasteiger partial charge in [-0.05, 0) is 43.4 Å². The van der Waals surface area contributed by atoms with Gasteiger partial charge in [0.15, 0.2) is 6.29 Å². The van der Waals surface area contributed by atoms with Crippen LogP contribution in [0.25, 0.3) is 0 Å². The molecule has 208 valence electrons. The number of rotatable bonds is 11. The van der Waals surface area contributed by atoms with Crippen LogP contribution in [0.3, 0.4) is 0 Å². The van der Waals surface area contributed by atoms with E-state index in [1.807, 2.05) is 0 Å². The number of benzene rings is 2. The molecule has 2 aliphatic rings. The maximum atomic E-state index is 14.1. The van der Waals surface area contributed by atoms with Gasteiger partial charge < -0.3 is 24.6 Å². The highest BCUT2D eigenvalue weighted by Gasteiger charge is 2.44. The Bertz CT molecular complexity index is 1670. The number of aliphatic hydroxyl groups is 1. The zero-order chi connectivity index (χ0) is 38.6. The number of amides is 1. The van der Waals surface area contributed by atoms with E-state index in [1.165, 1.54) is 12.1 Å². The summed E-state index contributed by atoms with van der Waals surface area (Å²) in [5.41, 5.74) is 0.974. The fourth-order valence-corrected chi connectivity index (χ4v) is 5.26. The number of ether oxygens (including phenoxy) is 3. The lowest BCUT2D eigenvalue weighted by Crippen LogP contribution is -2.51. The minimum atomic E-state index is -5.27. The zero-order valence-corrected chi connectivity index (χ0v) is 21.3. The molecule has 10 heteroatoms. The molecule has 2 aromatic rings. The van der Waals surface area contributed by atoms with Gasteiger partial charge in [-0.3, -0.25) is 0 Å². The summed E-state index contributed by atoms with van der Waals surface area (Å²) in [4.78, 5) is 12.8. The first kappa shape index (κ1) is 15.9. The first-order valence-corrected chi connectivity index (χ1v) is 13.2. The molecule has 2 saturated heterocycles. The molecule has 38 heavy (non-hydrogen) atoms. The Balaban J connectivity index is 1.78. The molecule has 0 aromatic heterocycles. The normalized spacial score (nSPS) is 34.4. The van der Waals surface area contributed by atoms with Crippen molar-refractivity contribution in [1.29, 1.82) is 0 Å². The van der Waals surface area contributed by atoms with Crippen molar-refractivity contribution in [2.75, 3.05) is 26.2 Å². The zero-order valence-electron chi connectivity index (χ0n) is 33.5. The highest BCUT2D eigenvalue weighted by Crippen LogP contribution is 2.33. The smallest absolute Gasteiger partial charge is 0.407 e. The monoisotopic (exact) mass is 559 g/mol. The molecule has 0 saturated carbocycles. The van der Waals surface area contributed by atoms with Crippen molar-refractivity contribution in [2.24, 2.45) is 11.8 Å². The van der Waals surface area contributed by atoms with Crippen molar-refractivity contribution in [3.8, 4) is 0 Å². The van der Waals surface area contributed by atoms with E-state index >= 15 is 0 Å². The number of hydrogen-bond acceptors (Lipinski definition) is 7. The minimum Gasteiger partial charge on any atom is -0.443 e. The maximum absolute atomic E-state index is 14.1. The van der Waals surface area contributed by atoms with Gasteiger partial charge in [-0.2, -0.15) is 4.31 Å². The third-order valence-electron chi connectivity index (χ3n) is 5.93. The molecule has 4 rings (SSSR count). The Morgan fingerprint density at radius 1 is 1.29 bits per heavy atom. The van der Waals surface area contributed by atoms with Crippen LogP contribution in [-0.4, -0.2) is 74.6 Å². The van der Waals surface area contributed by atoms with Crippen molar-refractivity contribution in [2.45, 2.75) is 62.9 Å². The quantitative estimate of drug-likeness (QED) is 0.435. The van der Waals surface area contributed by atoms with E-state index in [-0.39, 0.29) is 23.8 Å². The van der Waals surface area contributed by atoms with Gasteiger partial charge in [0, 0.05) is 26.7 Å². The van der Waals surface area contributed by atoms with Crippen LogP contribution in [0.2, 0.25) is 0 Å². The second-order valence-corrected chi connectivity index (χ2v) is 10.6. The van der Waals surface area contributed by atoms with E-state index in [1.54, 1.807) is 37.3 Å². The number of sulfonamides is 1. The Kier molecular flexibility index (Phi) is 5.27. The van der Waals surface area contributed by atoms with Crippen molar-refractivity contribution in [3.05, 3.63) is 65.7 Å². The Labute approximate surface area is 243 Å². The van der Waals surface area contributed by atoms with E-state index in [0.29, 0.717) is 11.1 Å². The van der Waals surface area contributed by atoms with Crippen LogP contribution in [0.1, 0.15) is 49.1 Å². The number of hydrogen-bond donors (Lipinski definition) is 2. The molecule has 2 aliphatic heterocycles. The molecule has 1 amide bonds. The van der Waals surface area contributed by atoms with E-state index in [4.69, 9.17) is 32.0 Å². The number of aliphatic hydroxyl groups excluding tert-OH is 1. The van der Waals surface area contributed by atoms with Crippen LogP contribution >= 0.6 is 0 Å². The van der Waals surface area contributed by atoms with E-state index < -0.39 is 90.6 Å². The number of alkyl carbamates (subject to hydrolysis) is 1. The van der Waals surface area contributed by atoms with Crippen molar-refractivity contribution >= 4 is 16.1 Å². The lowest BCUT2D eigenvalue weighted by atomic mass is 10.0. The highest BCUT2D eigenvalue weighted by molar-refractivity contribution is 7.89. The predicted molar refractivity (Wildman–Crippen MR) is 142 cm³/mol. The predicted octanol–water partition coefficient (Wildman–Crippen LogP) is 3.10. The van der Waals surface area contributed by atoms with Gasteiger partial charge in [0.05, 0.1) is 40.2 Å². The minimum absolute atomic E-state index is 0.109. The molecular weight excluding hydrogens is 508 g/mol. The third kappa shape index (κ3) is 7.12. The largest absolute Gasteiger partial charge is 0.443 e. The molecule has 0 bridgehead atoms. The SMILES string of the molecule is [2H]C([2H])([2H])C([2H])(C([2H])([2H])[2H])C([2H])([2H])N(C[C@@H](O)[C@H](Cc1ccccc1)NC(=O)O[C@@]1([2H])C([2H])([2H])O[C@H]2OCC[C@]21[2H])S(=O)(=O)c1ccc(C)cc1. The second kappa shape index (κ2) is 12.6. The Morgan fingerprint density at radius 3 is 2.74 bits per heavy atom. The van der Waals surface area contributed by atoms with Gasteiger partial charge in [-0.1, -0.05) is 61.7 Å². The molecule has 0 unspecified atom stereocenters. The van der Waals surface area contributed by atoms with Gasteiger partial charge in [0.1, 0.15) is 6.08 Å². The van der Waals surface area contributed by atoms with Crippen molar-refractivity contribution < 1.29 is 50.3 Å². The van der Waals surface area contributed by atoms with Gasteiger partial charge in [-0.15, -0.1) is 0 Å². The van der Waals surface area contributed by atoms with Gasteiger partial charge in [-0.25, -0.2) is 13.2 Å². The first-order valence-electron chi connectivity index (χ1n) is 18.3. The number of fused-ring (bicyclic) bond motifs is 1. The van der Waals surface area contributed by atoms with Crippen LogP contribution < -0.4 is 5.32 Å². The summed E-state index contributed by atoms with van der Waals surface area (Å²) in [5, 5.41) is 13.8. The molecule has 5 atom stereocenters. The molecule has 2 fully saturated rings. The second-order valence-electron chi connectivity index (χ2n) is 8.76. The number of nitrogens with one attached hydrogen (secondary N) is 1. The van der Waals surface area contributed by atoms with Gasteiger partial charge in [0.2, 0.25) is 10.0 Å². The van der Waals surface area contributed by atoms with E-state index in [2.05, 4.69) is 5.32 Å². The lowest BCUT2D eigenvalue weighted by molar-refractivity contribution is -0.0907. The molecule has 9 nitrogen and oxygen atoms in total. The number of carbonyl (C=O) groups is 1. The third-order valence-corrected chi connectivity index (χ3v) is 7.62. The van der Waals surface area contributed by atoms with Crippen LogP contribution in [0.5, 0.6) is 0 Å². The molecule has 2 heterocycles. The summed E-state index contributed by atoms with van der Waals surface area (Å²) in [6, 6.07) is 10.9. The molecule has 2 aromatic carbocycles. The topological polar surface area (TPSA) is 114 Å². The summed E-state index contributed by atoms with van der Waals surface area (Å²) in [7, 11) is -5.27. The van der Waals surface area contributed by atoms with Crippen molar-refractivity contribution in [1.82, 2.24) is 9.62 Å². The average molecular weight is 560 g/mol. The summed E-state index contributed by atoms with van der Waals surface area (Å²) in [6.07, 6.45) is -8.98. The average Bonchev–Trinajstić information content (AvgIpc) is 3.44. The van der Waals surface area contributed by atoms with Crippen LogP contribution in [0, 0.1) is 18.7 Å². The van der Waals surface area contributed by atoms with E-state index in [9.17, 15) is 18.3 Å². The fourth-order valence-electron chi connectivity index (χ4n) is 3.97. The van der Waals surface area contributed by atoms with Crippen LogP contribution in [0.4, 0.5) is 4.79 Å². The number of aryl methyl sites for hydroxylation is 1. The Hall–Kier alpha value is -2.50. The Morgan fingerprint density at radius 2 is 2.03 bits per heavy atom. The van der Waals surface area contributed by atoms with Gasteiger partial charge in [0.25, 0.3) is 0 Å². The van der Waals surface area contributed by atoms with E-state index in [0.717, 1.165) is 12.1 Å². The maximum Gasteiger partial charge on any atom is 0.407 e. The number of nitrogens with zero attached hydrogens (tertiary/aromatic N) is 1. The van der Waals surface area contributed by atoms with Crippen LogP contribution in [0.15, 0.2) is 59.5 Å².